The standard InChI is InChI=1S/C19H31N5O2S/c1-22-10-9-21-19(22)16-12-20-8-11-24(16)18(26)14-27-13-17(25)23(2)15-6-4-3-5-7-15/h9-10,15-16,20H,3-8,11-14H2,1-2H3. The van der Waals surface area contributed by atoms with Crippen molar-refractivity contribution >= 4 is 23.6 Å². The number of amides is 2. The topological polar surface area (TPSA) is 70.5 Å². The number of thioether (sulfide) groups is 1. The molecule has 150 valence electrons. The van der Waals surface area contributed by atoms with Gasteiger partial charge in [0, 0.05) is 52.2 Å². The van der Waals surface area contributed by atoms with Crippen molar-refractivity contribution in [1.82, 2.24) is 24.7 Å². The predicted octanol–water partition coefficient (Wildman–Crippen LogP) is 1.42. The number of imidazole rings is 1. The Morgan fingerprint density at radius 2 is 2.07 bits per heavy atom. The molecule has 8 heteroatoms. The van der Waals surface area contributed by atoms with Gasteiger partial charge < -0.3 is 19.7 Å². The fourth-order valence-electron chi connectivity index (χ4n) is 4.01. The second-order valence-electron chi connectivity index (χ2n) is 7.49. The summed E-state index contributed by atoms with van der Waals surface area (Å²) in [6.45, 7) is 2.18. The molecule has 0 bridgehead atoms. The van der Waals surface area contributed by atoms with Crippen molar-refractivity contribution in [3.8, 4) is 0 Å². The van der Waals surface area contributed by atoms with E-state index in [2.05, 4.69) is 10.3 Å². The third-order valence-electron chi connectivity index (χ3n) is 5.69. The van der Waals surface area contributed by atoms with Gasteiger partial charge in [-0.15, -0.1) is 11.8 Å². The Kier molecular flexibility index (Phi) is 7.18. The van der Waals surface area contributed by atoms with Crippen molar-refractivity contribution < 1.29 is 9.59 Å². The Labute approximate surface area is 165 Å². The van der Waals surface area contributed by atoms with E-state index in [4.69, 9.17) is 0 Å². The van der Waals surface area contributed by atoms with E-state index in [9.17, 15) is 9.59 Å². The van der Waals surface area contributed by atoms with Crippen LogP contribution in [0, 0.1) is 0 Å². The molecule has 0 radical (unpaired) electrons. The molecule has 1 saturated heterocycles. The largest absolute Gasteiger partial charge is 0.342 e. The minimum Gasteiger partial charge on any atom is -0.342 e. The lowest BCUT2D eigenvalue weighted by atomic mass is 9.94. The van der Waals surface area contributed by atoms with Crippen LogP contribution in [-0.4, -0.2) is 75.4 Å². The summed E-state index contributed by atoms with van der Waals surface area (Å²) < 4.78 is 1.97. The highest BCUT2D eigenvalue weighted by atomic mass is 32.2. The zero-order chi connectivity index (χ0) is 19.2. The maximum Gasteiger partial charge on any atom is 0.233 e. The molecule has 0 aromatic carbocycles. The number of carbonyl (C=O) groups excluding carboxylic acids is 2. The zero-order valence-corrected chi connectivity index (χ0v) is 17.2. The molecule has 1 aromatic rings. The van der Waals surface area contributed by atoms with Gasteiger partial charge in [-0.3, -0.25) is 9.59 Å². The van der Waals surface area contributed by atoms with Crippen molar-refractivity contribution in [3.05, 3.63) is 18.2 Å². The van der Waals surface area contributed by atoms with Gasteiger partial charge in [-0.05, 0) is 12.8 Å². The number of hydrogen-bond acceptors (Lipinski definition) is 5. The SMILES string of the molecule is CN(C(=O)CSCC(=O)N1CCNCC1c1nccn1C)C1CCCCC1. The summed E-state index contributed by atoms with van der Waals surface area (Å²) >= 11 is 1.43. The van der Waals surface area contributed by atoms with Crippen LogP contribution in [0.25, 0.3) is 0 Å². The fourth-order valence-corrected chi connectivity index (χ4v) is 4.83. The summed E-state index contributed by atoms with van der Waals surface area (Å²) in [5.41, 5.74) is 0. The molecular weight excluding hydrogens is 362 g/mol. The summed E-state index contributed by atoms with van der Waals surface area (Å²) in [6, 6.07) is 0.330. The molecule has 27 heavy (non-hydrogen) atoms. The Morgan fingerprint density at radius 3 is 2.78 bits per heavy atom. The molecule has 2 heterocycles. The van der Waals surface area contributed by atoms with E-state index in [-0.39, 0.29) is 17.9 Å². The van der Waals surface area contributed by atoms with Crippen molar-refractivity contribution in [2.75, 3.05) is 38.2 Å². The highest BCUT2D eigenvalue weighted by Crippen LogP contribution is 2.23. The van der Waals surface area contributed by atoms with E-state index in [1.807, 2.05) is 34.7 Å². The number of aromatic nitrogens is 2. The highest BCUT2D eigenvalue weighted by molar-refractivity contribution is 8.00. The first-order valence-electron chi connectivity index (χ1n) is 9.88. The lowest BCUT2D eigenvalue weighted by molar-refractivity contribution is -0.131. The first-order valence-corrected chi connectivity index (χ1v) is 11.0. The number of hydrogen-bond donors (Lipinski definition) is 1. The van der Waals surface area contributed by atoms with Crippen LogP contribution in [0.5, 0.6) is 0 Å². The number of nitrogens with zero attached hydrogens (tertiary/aromatic N) is 4. The fraction of sp³-hybridized carbons (Fsp3) is 0.737. The molecule has 7 nitrogen and oxygen atoms in total. The van der Waals surface area contributed by atoms with E-state index in [1.54, 1.807) is 6.20 Å². The van der Waals surface area contributed by atoms with E-state index in [1.165, 1.54) is 31.0 Å². The molecule has 3 rings (SSSR count). The molecule has 1 aliphatic carbocycles. The third kappa shape index (κ3) is 5.04. The maximum atomic E-state index is 12.8. The van der Waals surface area contributed by atoms with Gasteiger partial charge in [0.15, 0.2) is 0 Å². The predicted molar refractivity (Wildman–Crippen MR) is 107 cm³/mol. The van der Waals surface area contributed by atoms with Gasteiger partial charge in [-0.25, -0.2) is 4.98 Å². The molecule has 0 spiro atoms. The van der Waals surface area contributed by atoms with Crippen molar-refractivity contribution in [2.24, 2.45) is 7.05 Å². The second-order valence-corrected chi connectivity index (χ2v) is 8.48. The number of aryl methyl sites for hydroxylation is 1. The van der Waals surface area contributed by atoms with Crippen LogP contribution in [0.3, 0.4) is 0 Å². The molecule has 1 aliphatic heterocycles. The summed E-state index contributed by atoms with van der Waals surface area (Å²) in [5.74, 6) is 1.83. The normalized spacial score (nSPS) is 21.3. The van der Waals surface area contributed by atoms with Crippen LogP contribution >= 0.6 is 11.8 Å². The molecule has 1 N–H and O–H groups in total. The van der Waals surface area contributed by atoms with Crippen molar-refractivity contribution in [3.63, 3.8) is 0 Å². The van der Waals surface area contributed by atoms with Gasteiger partial charge in [0.2, 0.25) is 11.8 Å². The lowest BCUT2D eigenvalue weighted by Crippen LogP contribution is -2.50. The van der Waals surface area contributed by atoms with Gasteiger partial charge in [0.1, 0.15) is 11.9 Å². The Hall–Kier alpha value is -1.54. The monoisotopic (exact) mass is 393 g/mol. The smallest absolute Gasteiger partial charge is 0.233 e. The summed E-state index contributed by atoms with van der Waals surface area (Å²) in [4.78, 5) is 33.5. The van der Waals surface area contributed by atoms with E-state index >= 15 is 0 Å². The van der Waals surface area contributed by atoms with Crippen LogP contribution in [0.15, 0.2) is 12.4 Å². The van der Waals surface area contributed by atoms with Crippen LogP contribution in [0.4, 0.5) is 0 Å². The number of nitrogens with one attached hydrogen (secondary N) is 1. The van der Waals surface area contributed by atoms with Gasteiger partial charge in [0.05, 0.1) is 11.5 Å². The van der Waals surface area contributed by atoms with E-state index < -0.39 is 0 Å². The number of rotatable bonds is 6. The Morgan fingerprint density at radius 1 is 1.30 bits per heavy atom. The molecule has 2 amide bonds. The molecule has 1 aromatic heterocycles. The minimum absolute atomic E-state index is 0.0486. The number of carbonyl (C=O) groups is 2. The van der Waals surface area contributed by atoms with Crippen LogP contribution in [-0.2, 0) is 16.6 Å². The first-order chi connectivity index (χ1) is 13.1. The quantitative estimate of drug-likeness (QED) is 0.791. The maximum absolute atomic E-state index is 12.8. The van der Waals surface area contributed by atoms with Crippen molar-refractivity contribution in [1.29, 1.82) is 0 Å². The Bertz CT molecular complexity index is 644. The highest BCUT2D eigenvalue weighted by Gasteiger charge is 2.30. The van der Waals surface area contributed by atoms with Gasteiger partial charge >= 0.3 is 0 Å². The van der Waals surface area contributed by atoms with E-state index in [0.717, 1.165) is 25.2 Å². The molecule has 2 aliphatic rings. The molecule has 2 fully saturated rings. The average molecular weight is 394 g/mol. The van der Waals surface area contributed by atoms with Crippen LogP contribution < -0.4 is 5.32 Å². The van der Waals surface area contributed by atoms with Crippen LogP contribution in [0.1, 0.15) is 44.0 Å². The van der Waals surface area contributed by atoms with Gasteiger partial charge in [-0.2, -0.15) is 0 Å². The lowest BCUT2D eigenvalue weighted by Gasteiger charge is -2.35. The Balaban J connectivity index is 1.49. The molecule has 1 atom stereocenters. The zero-order valence-electron chi connectivity index (χ0n) is 16.4. The first kappa shape index (κ1) is 20.2. The molecule has 1 saturated carbocycles. The van der Waals surface area contributed by atoms with Gasteiger partial charge in [0.25, 0.3) is 0 Å². The van der Waals surface area contributed by atoms with E-state index in [0.29, 0.717) is 30.6 Å². The number of piperazine rings is 1. The molecular formula is C19H31N5O2S. The van der Waals surface area contributed by atoms with Crippen molar-refractivity contribution in [2.45, 2.75) is 44.2 Å². The summed E-state index contributed by atoms with van der Waals surface area (Å²) in [7, 11) is 3.86. The average Bonchev–Trinajstić information content (AvgIpc) is 3.13. The summed E-state index contributed by atoms with van der Waals surface area (Å²) in [6.07, 6.45) is 9.60. The second kappa shape index (κ2) is 9.59. The summed E-state index contributed by atoms with van der Waals surface area (Å²) in [5, 5.41) is 3.35. The molecule has 1 unspecified atom stereocenters. The van der Waals surface area contributed by atoms with Gasteiger partial charge in [-0.1, -0.05) is 19.3 Å². The third-order valence-corrected chi connectivity index (χ3v) is 6.59. The minimum atomic E-state index is -0.0486. The van der Waals surface area contributed by atoms with Crippen LogP contribution in [0.2, 0.25) is 0 Å².